The largest absolute Gasteiger partial charge is 0.298 e. The summed E-state index contributed by atoms with van der Waals surface area (Å²) in [5, 5.41) is 1.80. The molecule has 170 valence electrons. The van der Waals surface area contributed by atoms with Crippen LogP contribution in [0.1, 0.15) is 16.7 Å². The molecule has 1 aromatic heterocycles. The monoisotopic (exact) mass is 471 g/mol. The van der Waals surface area contributed by atoms with Gasteiger partial charge in [-0.25, -0.2) is 4.98 Å². The van der Waals surface area contributed by atoms with Crippen molar-refractivity contribution in [1.82, 2.24) is 4.98 Å². The van der Waals surface area contributed by atoms with Crippen LogP contribution in [0.3, 0.4) is 0 Å². The van der Waals surface area contributed by atoms with E-state index in [-0.39, 0.29) is 5.75 Å². The lowest BCUT2D eigenvalue weighted by molar-refractivity contribution is -1.91. The molecular weight excluding hydrogens is 450 g/mol. The summed E-state index contributed by atoms with van der Waals surface area (Å²) in [6, 6.07) is 25.1. The molecule has 0 aliphatic heterocycles. The number of benzene rings is 4. The average Bonchev–Trinajstić information content (AvgIpc) is 2.77. The van der Waals surface area contributed by atoms with E-state index in [1.54, 1.807) is 6.07 Å². The molecule has 4 aromatic carbocycles. The predicted molar refractivity (Wildman–Crippen MR) is 125 cm³/mol. The van der Waals surface area contributed by atoms with Crippen molar-refractivity contribution in [2.45, 2.75) is 20.8 Å². The molecule has 6 heteroatoms. The van der Waals surface area contributed by atoms with Crippen molar-refractivity contribution < 1.29 is 28.5 Å². The molecule has 0 atom stereocenters. The highest BCUT2D eigenvalue weighted by Crippen LogP contribution is 2.47. The third-order valence-electron chi connectivity index (χ3n) is 5.95. The fraction of sp³-hybridized carbons (Fsp3) is 0.107. The summed E-state index contributed by atoms with van der Waals surface area (Å²) in [7, 11) is -4.72. The Kier molecular flexibility index (Phi) is 5.50. The van der Waals surface area contributed by atoms with E-state index in [0.29, 0.717) is 11.1 Å². The first-order valence-corrected chi connectivity index (χ1v) is 12.1. The Hall–Kier alpha value is -3.48. The molecule has 0 aliphatic rings. The Bertz CT molecular complexity index is 1520. The molecule has 0 aliphatic carbocycles. The number of pyridine rings is 1. The van der Waals surface area contributed by atoms with Crippen molar-refractivity contribution in [3.05, 3.63) is 95.6 Å². The minimum atomic E-state index is -4.72. The van der Waals surface area contributed by atoms with E-state index < -0.39 is 10.2 Å². The van der Waals surface area contributed by atoms with Crippen molar-refractivity contribution in [3.63, 3.8) is 0 Å². The van der Waals surface area contributed by atoms with Gasteiger partial charge in [-0.1, -0.05) is 70.5 Å². The number of para-hydroxylation sites is 1. The maximum atomic E-state index is 11.8. The first-order chi connectivity index (χ1) is 16.2. The third-order valence-corrected chi connectivity index (χ3v) is 6.31. The van der Waals surface area contributed by atoms with Crippen LogP contribution in [0, 0.1) is 31.0 Å². The molecule has 0 radical (unpaired) electrons. The fourth-order valence-electron chi connectivity index (χ4n) is 4.79. The third kappa shape index (κ3) is 4.11. The van der Waals surface area contributed by atoms with Gasteiger partial charge in [0.15, 0.2) is 0 Å². The van der Waals surface area contributed by atoms with E-state index in [9.17, 15) is 14.0 Å². The number of nitrogens with zero attached hydrogens (tertiary/aromatic N) is 1. The number of fused-ring (bicyclic) bond motifs is 2. The Labute approximate surface area is 199 Å². The summed E-state index contributed by atoms with van der Waals surface area (Å²) in [4.78, 5) is 4.77. The maximum absolute atomic E-state index is 11.8. The van der Waals surface area contributed by atoms with E-state index in [0.717, 1.165) is 49.7 Å². The summed E-state index contributed by atoms with van der Waals surface area (Å²) in [6.07, 6.45) is 0. The van der Waals surface area contributed by atoms with Gasteiger partial charge in [0, 0.05) is 22.4 Å². The molecule has 0 saturated carbocycles. The Morgan fingerprint density at radius 1 is 0.676 bits per heavy atom. The van der Waals surface area contributed by atoms with Crippen molar-refractivity contribution in [3.8, 4) is 28.0 Å². The van der Waals surface area contributed by atoms with Crippen LogP contribution >= 0.6 is 0 Å². The maximum Gasteiger partial charge on any atom is 0.298 e. The van der Waals surface area contributed by atoms with Crippen LogP contribution in [-0.4, -0.2) is 4.98 Å². The van der Waals surface area contributed by atoms with E-state index in [1.807, 2.05) is 87.5 Å². The zero-order valence-corrected chi connectivity index (χ0v) is 19.7. The minimum Gasteiger partial charge on any atom is -0.248 e. The van der Waals surface area contributed by atoms with E-state index in [1.165, 1.54) is 0 Å². The first kappa shape index (κ1) is 22.3. The normalized spacial score (nSPS) is 11.8. The number of halogens is 1. The average molecular weight is 472 g/mol. The van der Waals surface area contributed by atoms with Gasteiger partial charge in [0.05, 0.1) is 16.6 Å². The topological polar surface area (TPSA) is 91.3 Å². The number of rotatable bonds is 4. The quantitative estimate of drug-likeness (QED) is 0.370. The number of hydrogen-bond acceptors (Lipinski definition) is 5. The molecule has 0 bridgehead atoms. The second kappa shape index (κ2) is 8.38. The van der Waals surface area contributed by atoms with Crippen LogP contribution in [-0.2, 0) is 0 Å². The number of aromatic nitrogens is 1. The van der Waals surface area contributed by atoms with Gasteiger partial charge < -0.3 is 0 Å². The second-order valence-corrected chi connectivity index (χ2v) is 9.38. The highest BCUT2D eigenvalue weighted by molar-refractivity contribution is 6.09. The first-order valence-electron chi connectivity index (χ1n) is 10.8. The van der Waals surface area contributed by atoms with Crippen LogP contribution < -0.4 is 18.3 Å². The van der Waals surface area contributed by atoms with Gasteiger partial charge in [0.25, 0.3) is 5.75 Å². The van der Waals surface area contributed by atoms with Crippen LogP contribution in [0.5, 0.6) is 5.75 Å². The van der Waals surface area contributed by atoms with Crippen LogP contribution in [0.15, 0.2) is 78.9 Å². The highest BCUT2D eigenvalue weighted by atomic mass is 35.7. The zero-order valence-electron chi connectivity index (χ0n) is 19.0. The SMILES string of the molecule is Cc1cc(C)c(-c2c(O[Cl+3]([O-])([O-])[O-])cc3nc4ccccc4cc3c2-c2ccccc2)c(C)c1. The molecule has 34 heavy (non-hydrogen) atoms. The smallest absolute Gasteiger partial charge is 0.248 e. The van der Waals surface area contributed by atoms with Crippen molar-refractivity contribution in [2.75, 3.05) is 0 Å². The summed E-state index contributed by atoms with van der Waals surface area (Å²) in [6.45, 7) is 5.96. The van der Waals surface area contributed by atoms with Crippen LogP contribution in [0.2, 0.25) is 0 Å². The molecule has 5 nitrogen and oxygen atoms in total. The van der Waals surface area contributed by atoms with Crippen molar-refractivity contribution >= 4 is 21.8 Å². The van der Waals surface area contributed by atoms with Crippen LogP contribution in [0.25, 0.3) is 44.1 Å². The summed E-state index contributed by atoms with van der Waals surface area (Å²) in [5.74, 6) is -0.0409. The molecule has 0 saturated heterocycles. The highest BCUT2D eigenvalue weighted by Gasteiger charge is 2.30. The fourth-order valence-corrected chi connectivity index (χ4v) is 5.11. The Balaban J connectivity index is 2.00. The molecule has 0 spiro atoms. The minimum absolute atomic E-state index is 0.0409. The zero-order chi connectivity index (χ0) is 24.0. The van der Waals surface area contributed by atoms with Gasteiger partial charge in [-0.2, -0.15) is 14.0 Å². The molecule has 0 amide bonds. The second-order valence-electron chi connectivity index (χ2n) is 8.47. The molecule has 5 aromatic rings. The van der Waals surface area contributed by atoms with Crippen molar-refractivity contribution in [1.29, 1.82) is 0 Å². The Morgan fingerprint density at radius 2 is 1.32 bits per heavy atom. The molecule has 5 rings (SSSR count). The predicted octanol–water partition coefficient (Wildman–Crippen LogP) is 3.92. The van der Waals surface area contributed by atoms with Gasteiger partial charge in [0.1, 0.15) is 10.2 Å². The molecular formula is C28H22ClNO4. The Morgan fingerprint density at radius 3 is 2.00 bits per heavy atom. The molecule has 1 heterocycles. The standard InChI is InChI=1S/C28H22ClNO4/c1-17-13-18(2)26(19(3)14-17)28-25(34-29(31,32)33)16-24-22(27(28)20-9-5-4-6-10-20)15-21-11-7-8-12-23(21)30-24/h4-16H,1-3H3. The van der Waals surface area contributed by atoms with Gasteiger partial charge in [-0.3, -0.25) is 0 Å². The van der Waals surface area contributed by atoms with Crippen molar-refractivity contribution in [2.24, 2.45) is 0 Å². The van der Waals surface area contributed by atoms with Gasteiger partial charge >= 0.3 is 0 Å². The van der Waals surface area contributed by atoms with E-state index >= 15 is 0 Å². The summed E-state index contributed by atoms with van der Waals surface area (Å²) in [5.41, 5.74) is 7.30. The lowest BCUT2D eigenvalue weighted by Gasteiger charge is -2.21. The van der Waals surface area contributed by atoms with Gasteiger partial charge in [-0.15, -0.1) is 0 Å². The lowest BCUT2D eigenvalue weighted by Crippen LogP contribution is -2.63. The molecule has 0 N–H and O–H groups in total. The van der Waals surface area contributed by atoms with Crippen LogP contribution in [0.4, 0.5) is 0 Å². The number of hydrogen-bond donors (Lipinski definition) is 0. The van der Waals surface area contributed by atoms with E-state index in [2.05, 4.69) is 6.07 Å². The summed E-state index contributed by atoms with van der Waals surface area (Å²) >= 11 is 0. The molecule has 0 unspecified atom stereocenters. The van der Waals surface area contributed by atoms with Gasteiger partial charge in [0.2, 0.25) is 0 Å². The molecule has 0 fully saturated rings. The van der Waals surface area contributed by atoms with E-state index in [4.69, 9.17) is 9.27 Å². The summed E-state index contributed by atoms with van der Waals surface area (Å²) < 4.78 is 40.4. The van der Waals surface area contributed by atoms with Gasteiger partial charge in [-0.05, 0) is 55.2 Å². The lowest BCUT2D eigenvalue weighted by atomic mass is 9.85. The number of aryl methyl sites for hydroxylation is 3.